The van der Waals surface area contributed by atoms with E-state index in [1.807, 2.05) is 0 Å². The van der Waals surface area contributed by atoms with Crippen LogP contribution < -0.4 is 5.32 Å². The number of rotatable bonds is 5. The van der Waals surface area contributed by atoms with Gasteiger partial charge in [0.2, 0.25) is 5.89 Å². The Bertz CT molecular complexity index is 625. The molecule has 0 saturated heterocycles. The van der Waals surface area contributed by atoms with E-state index >= 15 is 0 Å². The smallest absolute Gasteiger partial charge is 0.250 e. The third-order valence-corrected chi connectivity index (χ3v) is 3.08. The van der Waals surface area contributed by atoms with Crippen LogP contribution in [0.15, 0.2) is 16.5 Å². The third kappa shape index (κ3) is 2.67. The summed E-state index contributed by atoms with van der Waals surface area (Å²) in [5.74, 6) is -3.94. The summed E-state index contributed by atoms with van der Waals surface area (Å²) >= 11 is 0. The van der Waals surface area contributed by atoms with Gasteiger partial charge in [-0.15, -0.1) is 10.2 Å². The van der Waals surface area contributed by atoms with Crippen molar-refractivity contribution in [1.29, 1.82) is 0 Å². The van der Waals surface area contributed by atoms with E-state index in [0.29, 0.717) is 24.9 Å². The SMILES string of the molecule is Fc1ccc(-c2nnc(CCNC3CC3)o2)c(F)c1F. The van der Waals surface area contributed by atoms with Gasteiger partial charge in [0.05, 0.1) is 5.56 Å². The van der Waals surface area contributed by atoms with Crippen LogP contribution in [-0.2, 0) is 6.42 Å². The molecule has 0 bridgehead atoms. The van der Waals surface area contributed by atoms with Crippen LogP contribution in [-0.4, -0.2) is 22.8 Å². The molecule has 2 aromatic rings. The molecule has 1 aromatic carbocycles. The van der Waals surface area contributed by atoms with E-state index in [2.05, 4.69) is 15.5 Å². The molecule has 1 fully saturated rings. The Balaban J connectivity index is 1.73. The number of nitrogens with one attached hydrogen (secondary N) is 1. The lowest BCUT2D eigenvalue weighted by molar-refractivity contribution is 0.443. The highest BCUT2D eigenvalue weighted by atomic mass is 19.2. The molecule has 0 spiro atoms. The lowest BCUT2D eigenvalue weighted by Crippen LogP contribution is -2.19. The number of hydrogen-bond acceptors (Lipinski definition) is 4. The number of benzene rings is 1. The predicted octanol–water partition coefficient (Wildman–Crippen LogP) is 2.45. The monoisotopic (exact) mass is 283 g/mol. The first-order chi connectivity index (χ1) is 9.65. The van der Waals surface area contributed by atoms with Crippen LogP contribution in [0, 0.1) is 17.5 Å². The molecule has 0 atom stereocenters. The minimum Gasteiger partial charge on any atom is -0.421 e. The Hall–Kier alpha value is -1.89. The molecule has 4 nitrogen and oxygen atoms in total. The molecular weight excluding hydrogens is 271 g/mol. The van der Waals surface area contributed by atoms with Crippen molar-refractivity contribution < 1.29 is 17.6 Å². The molecule has 20 heavy (non-hydrogen) atoms. The van der Waals surface area contributed by atoms with E-state index in [9.17, 15) is 13.2 Å². The highest BCUT2D eigenvalue weighted by molar-refractivity contribution is 5.53. The fourth-order valence-electron chi connectivity index (χ4n) is 1.83. The topological polar surface area (TPSA) is 51.0 Å². The maximum Gasteiger partial charge on any atom is 0.250 e. The molecule has 3 rings (SSSR count). The molecule has 0 aliphatic heterocycles. The van der Waals surface area contributed by atoms with Gasteiger partial charge < -0.3 is 9.73 Å². The Kier molecular flexibility index (Phi) is 3.43. The van der Waals surface area contributed by atoms with Gasteiger partial charge in [0.1, 0.15) is 0 Å². The van der Waals surface area contributed by atoms with Gasteiger partial charge in [0.15, 0.2) is 17.5 Å². The Morgan fingerprint density at radius 2 is 1.95 bits per heavy atom. The summed E-state index contributed by atoms with van der Waals surface area (Å²) in [5.41, 5.74) is -0.238. The van der Waals surface area contributed by atoms with Crippen LogP contribution in [0.1, 0.15) is 18.7 Å². The molecular formula is C13H12F3N3O. The zero-order valence-corrected chi connectivity index (χ0v) is 10.5. The first-order valence-electron chi connectivity index (χ1n) is 6.35. The van der Waals surface area contributed by atoms with Crippen LogP contribution in [0.2, 0.25) is 0 Å². The van der Waals surface area contributed by atoms with Crippen LogP contribution in [0.4, 0.5) is 13.2 Å². The van der Waals surface area contributed by atoms with Gasteiger partial charge in [0.25, 0.3) is 5.89 Å². The zero-order chi connectivity index (χ0) is 14.1. The van der Waals surface area contributed by atoms with Gasteiger partial charge in [-0.2, -0.15) is 0 Å². The van der Waals surface area contributed by atoms with Gasteiger partial charge in [0, 0.05) is 19.0 Å². The van der Waals surface area contributed by atoms with E-state index in [4.69, 9.17) is 4.42 Å². The first-order valence-corrected chi connectivity index (χ1v) is 6.35. The Morgan fingerprint density at radius 3 is 2.70 bits per heavy atom. The summed E-state index contributed by atoms with van der Waals surface area (Å²) in [6, 6.07) is 2.47. The van der Waals surface area contributed by atoms with Gasteiger partial charge in [-0.1, -0.05) is 0 Å². The second-order valence-electron chi connectivity index (χ2n) is 4.70. The maximum atomic E-state index is 13.6. The van der Waals surface area contributed by atoms with Crippen molar-refractivity contribution >= 4 is 0 Å². The Labute approximate surface area is 113 Å². The summed E-state index contributed by atoms with van der Waals surface area (Å²) in [6.45, 7) is 0.687. The fourth-order valence-corrected chi connectivity index (χ4v) is 1.83. The average molecular weight is 283 g/mol. The third-order valence-electron chi connectivity index (χ3n) is 3.08. The van der Waals surface area contributed by atoms with Crippen LogP contribution in [0.3, 0.4) is 0 Å². The molecule has 1 heterocycles. The van der Waals surface area contributed by atoms with Gasteiger partial charge in [-0.05, 0) is 25.0 Å². The molecule has 1 aliphatic carbocycles. The van der Waals surface area contributed by atoms with Crippen molar-refractivity contribution in [3.63, 3.8) is 0 Å². The normalized spacial score (nSPS) is 14.8. The van der Waals surface area contributed by atoms with E-state index in [1.54, 1.807) is 0 Å². The quantitative estimate of drug-likeness (QED) is 0.856. The van der Waals surface area contributed by atoms with Crippen LogP contribution >= 0.6 is 0 Å². The largest absolute Gasteiger partial charge is 0.421 e. The first kappa shape index (κ1) is 13.1. The summed E-state index contributed by atoms with van der Waals surface area (Å²) in [4.78, 5) is 0. The molecule has 0 unspecified atom stereocenters. The van der Waals surface area contributed by atoms with Crippen molar-refractivity contribution in [3.05, 3.63) is 35.5 Å². The van der Waals surface area contributed by atoms with Gasteiger partial charge in [-0.3, -0.25) is 0 Å². The van der Waals surface area contributed by atoms with E-state index in [-0.39, 0.29) is 11.5 Å². The predicted molar refractivity (Wildman–Crippen MR) is 64.3 cm³/mol. The second kappa shape index (κ2) is 5.24. The molecule has 1 saturated carbocycles. The minimum absolute atomic E-state index is 0.150. The summed E-state index contributed by atoms with van der Waals surface area (Å²) < 4.78 is 44.8. The number of halogens is 3. The van der Waals surface area contributed by atoms with Crippen molar-refractivity contribution in [2.45, 2.75) is 25.3 Å². The van der Waals surface area contributed by atoms with E-state index in [0.717, 1.165) is 12.1 Å². The number of aromatic nitrogens is 2. The molecule has 1 aliphatic rings. The lowest BCUT2D eigenvalue weighted by atomic mass is 10.2. The number of hydrogen-bond donors (Lipinski definition) is 1. The van der Waals surface area contributed by atoms with Gasteiger partial charge in [-0.25, -0.2) is 13.2 Å². The second-order valence-corrected chi connectivity index (χ2v) is 4.70. The fraction of sp³-hybridized carbons (Fsp3) is 0.385. The van der Waals surface area contributed by atoms with Crippen molar-refractivity contribution in [1.82, 2.24) is 15.5 Å². The molecule has 7 heteroatoms. The number of nitrogens with zero attached hydrogens (tertiary/aromatic N) is 2. The standard InChI is InChI=1S/C13H12F3N3O/c14-9-4-3-8(11(15)12(9)16)13-19-18-10(20-13)5-6-17-7-1-2-7/h3-4,7,17H,1-2,5-6H2. The summed E-state index contributed by atoms with van der Waals surface area (Å²) in [5, 5.41) is 10.7. The van der Waals surface area contributed by atoms with Crippen molar-refractivity contribution in [2.75, 3.05) is 6.54 Å². The minimum atomic E-state index is -1.54. The summed E-state index contributed by atoms with van der Waals surface area (Å²) in [6.07, 6.45) is 2.86. The molecule has 106 valence electrons. The van der Waals surface area contributed by atoms with Crippen LogP contribution in [0.5, 0.6) is 0 Å². The van der Waals surface area contributed by atoms with Gasteiger partial charge >= 0.3 is 0 Å². The molecule has 1 aromatic heterocycles. The molecule has 1 N–H and O–H groups in total. The molecule has 0 amide bonds. The van der Waals surface area contributed by atoms with E-state index < -0.39 is 17.5 Å². The zero-order valence-electron chi connectivity index (χ0n) is 10.5. The highest BCUT2D eigenvalue weighted by Gasteiger charge is 2.21. The highest BCUT2D eigenvalue weighted by Crippen LogP contribution is 2.25. The van der Waals surface area contributed by atoms with E-state index in [1.165, 1.54) is 12.8 Å². The Morgan fingerprint density at radius 1 is 1.15 bits per heavy atom. The van der Waals surface area contributed by atoms with Crippen molar-refractivity contribution in [3.8, 4) is 11.5 Å². The summed E-state index contributed by atoms with van der Waals surface area (Å²) in [7, 11) is 0. The van der Waals surface area contributed by atoms with Crippen molar-refractivity contribution in [2.24, 2.45) is 0 Å². The maximum absolute atomic E-state index is 13.6. The molecule has 0 radical (unpaired) electrons. The average Bonchev–Trinajstić information content (AvgIpc) is 3.14. The van der Waals surface area contributed by atoms with Crippen LogP contribution in [0.25, 0.3) is 11.5 Å². The lowest BCUT2D eigenvalue weighted by Gasteiger charge is -2.00.